The monoisotopic (exact) mass is 215 g/mol. The van der Waals surface area contributed by atoms with E-state index in [4.69, 9.17) is 15.2 Å². The molecule has 1 rings (SSSR count). The maximum atomic E-state index is 5.76. The summed E-state index contributed by atoms with van der Waals surface area (Å²) < 4.78 is 11.4. The molecule has 1 aliphatic heterocycles. The Balaban J connectivity index is 2.10. The lowest BCUT2D eigenvalue weighted by Gasteiger charge is -2.23. The number of rotatable bonds is 7. The zero-order valence-corrected chi connectivity index (χ0v) is 10.1. The molecule has 0 aliphatic carbocycles. The molecule has 2 N–H and O–H groups in total. The van der Waals surface area contributed by atoms with Crippen LogP contribution in [-0.2, 0) is 9.47 Å². The van der Waals surface area contributed by atoms with E-state index in [2.05, 4.69) is 6.92 Å². The van der Waals surface area contributed by atoms with Crippen LogP contribution in [0.25, 0.3) is 0 Å². The Morgan fingerprint density at radius 1 is 1.27 bits per heavy atom. The largest absolute Gasteiger partial charge is 0.347 e. The molecule has 1 saturated heterocycles. The minimum atomic E-state index is -0.365. The predicted octanol–water partition coefficient (Wildman–Crippen LogP) is 2.44. The van der Waals surface area contributed by atoms with Gasteiger partial charge in [0.2, 0.25) is 0 Å². The smallest absolute Gasteiger partial charge is 0.166 e. The van der Waals surface area contributed by atoms with Crippen molar-refractivity contribution in [1.29, 1.82) is 0 Å². The van der Waals surface area contributed by atoms with Crippen molar-refractivity contribution >= 4 is 0 Å². The van der Waals surface area contributed by atoms with Gasteiger partial charge in [0.15, 0.2) is 5.79 Å². The van der Waals surface area contributed by atoms with Gasteiger partial charge in [-0.2, -0.15) is 0 Å². The molecule has 0 aromatic rings. The molecule has 0 radical (unpaired) electrons. The Hall–Kier alpha value is -0.120. The normalized spacial score (nSPS) is 31.0. The summed E-state index contributed by atoms with van der Waals surface area (Å²) in [6.07, 6.45) is 7.52. The highest BCUT2D eigenvalue weighted by Gasteiger charge is 2.35. The molecule has 90 valence electrons. The number of nitrogens with two attached hydrogens (primary N) is 1. The second-order valence-corrected chi connectivity index (χ2v) is 4.58. The van der Waals surface area contributed by atoms with Crippen LogP contribution < -0.4 is 5.73 Å². The molecule has 1 aliphatic rings. The summed E-state index contributed by atoms with van der Waals surface area (Å²) >= 11 is 0. The van der Waals surface area contributed by atoms with Gasteiger partial charge in [0.05, 0.1) is 12.7 Å². The van der Waals surface area contributed by atoms with E-state index in [1.54, 1.807) is 0 Å². The van der Waals surface area contributed by atoms with Crippen LogP contribution in [0.4, 0.5) is 0 Å². The first-order chi connectivity index (χ1) is 7.20. The van der Waals surface area contributed by atoms with Gasteiger partial charge >= 0.3 is 0 Å². The van der Waals surface area contributed by atoms with E-state index in [0.29, 0.717) is 13.2 Å². The van der Waals surface area contributed by atoms with Crippen molar-refractivity contribution in [3.63, 3.8) is 0 Å². The summed E-state index contributed by atoms with van der Waals surface area (Å²) in [6, 6.07) is 0. The highest BCUT2D eigenvalue weighted by Crippen LogP contribution is 2.28. The first-order valence-electron chi connectivity index (χ1n) is 6.22. The minimum absolute atomic E-state index is 0.102. The average molecular weight is 215 g/mol. The summed E-state index contributed by atoms with van der Waals surface area (Å²) in [5, 5.41) is 0. The van der Waals surface area contributed by atoms with Crippen molar-refractivity contribution in [3.05, 3.63) is 0 Å². The van der Waals surface area contributed by atoms with E-state index in [0.717, 1.165) is 6.42 Å². The van der Waals surface area contributed by atoms with E-state index in [1.807, 2.05) is 6.92 Å². The molecule has 3 heteroatoms. The SMILES string of the molecule is CCCCCCCC1(C)OCC(CN)O1. The zero-order chi connectivity index (χ0) is 11.1. The Morgan fingerprint density at radius 3 is 2.60 bits per heavy atom. The summed E-state index contributed by atoms with van der Waals surface area (Å²) in [5.41, 5.74) is 5.54. The van der Waals surface area contributed by atoms with Gasteiger partial charge in [0.25, 0.3) is 0 Å². The van der Waals surface area contributed by atoms with Crippen molar-refractivity contribution < 1.29 is 9.47 Å². The van der Waals surface area contributed by atoms with Crippen LogP contribution >= 0.6 is 0 Å². The number of unbranched alkanes of at least 4 members (excludes halogenated alkanes) is 4. The van der Waals surface area contributed by atoms with Gasteiger partial charge in [-0.3, -0.25) is 0 Å². The van der Waals surface area contributed by atoms with Crippen LogP contribution in [-0.4, -0.2) is 25.0 Å². The Bertz CT molecular complexity index is 175. The Kier molecular flexibility index (Phi) is 5.58. The standard InChI is InChI=1S/C12H25NO2/c1-3-4-5-6-7-8-12(2)14-10-11(9-13)15-12/h11H,3-10,13H2,1-2H3. The molecule has 2 unspecified atom stereocenters. The van der Waals surface area contributed by atoms with E-state index in [9.17, 15) is 0 Å². The van der Waals surface area contributed by atoms with E-state index < -0.39 is 0 Å². The van der Waals surface area contributed by atoms with Crippen LogP contribution in [0.5, 0.6) is 0 Å². The molecule has 2 atom stereocenters. The third kappa shape index (κ3) is 4.49. The van der Waals surface area contributed by atoms with Crippen LogP contribution in [0.15, 0.2) is 0 Å². The van der Waals surface area contributed by atoms with E-state index in [-0.39, 0.29) is 11.9 Å². The fourth-order valence-corrected chi connectivity index (χ4v) is 1.99. The first kappa shape index (κ1) is 12.9. The van der Waals surface area contributed by atoms with Crippen molar-refractivity contribution in [3.8, 4) is 0 Å². The van der Waals surface area contributed by atoms with Gasteiger partial charge in [-0.25, -0.2) is 0 Å². The topological polar surface area (TPSA) is 44.5 Å². The second kappa shape index (κ2) is 6.46. The fraction of sp³-hybridized carbons (Fsp3) is 1.00. The van der Waals surface area contributed by atoms with E-state index in [1.165, 1.54) is 32.1 Å². The number of hydrogen-bond acceptors (Lipinski definition) is 3. The van der Waals surface area contributed by atoms with Gasteiger partial charge < -0.3 is 15.2 Å². The van der Waals surface area contributed by atoms with E-state index >= 15 is 0 Å². The lowest BCUT2D eigenvalue weighted by Crippen LogP contribution is -2.29. The molecule has 3 nitrogen and oxygen atoms in total. The highest BCUT2D eigenvalue weighted by molar-refractivity contribution is 4.75. The molecule has 0 bridgehead atoms. The minimum Gasteiger partial charge on any atom is -0.347 e. The van der Waals surface area contributed by atoms with Crippen LogP contribution in [0, 0.1) is 0 Å². The van der Waals surface area contributed by atoms with Gasteiger partial charge in [0.1, 0.15) is 0 Å². The van der Waals surface area contributed by atoms with Crippen molar-refractivity contribution in [2.75, 3.05) is 13.2 Å². The summed E-state index contributed by atoms with van der Waals surface area (Å²) in [6.45, 7) is 5.48. The molecule has 15 heavy (non-hydrogen) atoms. The molecular weight excluding hydrogens is 190 g/mol. The quantitative estimate of drug-likeness (QED) is 0.663. The molecule has 0 amide bonds. The molecule has 0 aromatic carbocycles. The van der Waals surface area contributed by atoms with Gasteiger partial charge in [-0.1, -0.05) is 32.6 Å². The molecule has 0 aromatic heterocycles. The van der Waals surface area contributed by atoms with Gasteiger partial charge in [0, 0.05) is 13.0 Å². The summed E-state index contributed by atoms with van der Waals surface area (Å²) in [4.78, 5) is 0. The number of ether oxygens (including phenoxy) is 2. The summed E-state index contributed by atoms with van der Waals surface area (Å²) in [5.74, 6) is -0.365. The average Bonchev–Trinajstić information content (AvgIpc) is 2.61. The molecule has 1 heterocycles. The lowest BCUT2D eigenvalue weighted by atomic mass is 10.1. The van der Waals surface area contributed by atoms with Gasteiger partial charge in [-0.15, -0.1) is 0 Å². The maximum absolute atomic E-state index is 5.76. The van der Waals surface area contributed by atoms with Crippen LogP contribution in [0.1, 0.15) is 52.4 Å². The van der Waals surface area contributed by atoms with Crippen molar-refractivity contribution in [2.45, 2.75) is 64.3 Å². The van der Waals surface area contributed by atoms with Crippen LogP contribution in [0.3, 0.4) is 0 Å². The summed E-state index contributed by atoms with van der Waals surface area (Å²) in [7, 11) is 0. The molecule has 1 fully saturated rings. The second-order valence-electron chi connectivity index (χ2n) is 4.58. The third-order valence-electron chi connectivity index (χ3n) is 2.99. The maximum Gasteiger partial charge on any atom is 0.166 e. The highest BCUT2D eigenvalue weighted by atomic mass is 16.7. The lowest BCUT2D eigenvalue weighted by molar-refractivity contribution is -0.158. The molecule has 0 saturated carbocycles. The predicted molar refractivity (Wildman–Crippen MR) is 61.7 cm³/mol. The Labute approximate surface area is 93.3 Å². The zero-order valence-electron chi connectivity index (χ0n) is 10.1. The third-order valence-corrected chi connectivity index (χ3v) is 2.99. The first-order valence-corrected chi connectivity index (χ1v) is 6.22. The van der Waals surface area contributed by atoms with Crippen LogP contribution in [0.2, 0.25) is 0 Å². The fourth-order valence-electron chi connectivity index (χ4n) is 1.99. The van der Waals surface area contributed by atoms with Crippen molar-refractivity contribution in [2.24, 2.45) is 5.73 Å². The Morgan fingerprint density at radius 2 is 2.00 bits per heavy atom. The van der Waals surface area contributed by atoms with Crippen molar-refractivity contribution in [1.82, 2.24) is 0 Å². The van der Waals surface area contributed by atoms with Gasteiger partial charge in [-0.05, 0) is 13.3 Å². The number of hydrogen-bond donors (Lipinski definition) is 1. The molecule has 0 spiro atoms. The molecular formula is C12H25NO2.